The second kappa shape index (κ2) is 8.81. The topological polar surface area (TPSA) is 69.6 Å². The van der Waals surface area contributed by atoms with Crippen LogP contribution in [0.5, 0.6) is 0 Å². The zero-order chi connectivity index (χ0) is 15.0. The van der Waals surface area contributed by atoms with Gasteiger partial charge in [0, 0.05) is 24.3 Å². The first-order chi connectivity index (χ1) is 9.43. The van der Waals surface area contributed by atoms with Crippen molar-refractivity contribution in [1.29, 1.82) is 0 Å². The first-order valence-corrected chi connectivity index (χ1v) is 9.28. The fourth-order valence-corrected chi connectivity index (χ4v) is 3.78. The molecule has 1 rings (SSSR count). The predicted octanol–water partition coefficient (Wildman–Crippen LogP) is 2.86. The van der Waals surface area contributed by atoms with Gasteiger partial charge in [-0.3, -0.25) is 4.57 Å². The largest absolute Gasteiger partial charge is 0.391 e. The molecule has 114 valence electrons. The Morgan fingerprint density at radius 2 is 2.00 bits per heavy atom. The van der Waals surface area contributed by atoms with E-state index < -0.39 is 13.5 Å². The summed E-state index contributed by atoms with van der Waals surface area (Å²) in [5.74, 6) is 0. The van der Waals surface area contributed by atoms with Gasteiger partial charge >= 0.3 is 0 Å². The molecular weight excluding hydrogens is 297 g/mol. The summed E-state index contributed by atoms with van der Waals surface area (Å²) in [6.07, 6.45) is 1.06. The number of aliphatic hydroxyl groups is 1. The molecule has 6 heteroatoms. The zero-order valence-electron chi connectivity index (χ0n) is 11.8. The molecule has 2 atom stereocenters. The minimum Gasteiger partial charge on any atom is -0.391 e. The maximum atomic E-state index is 11.8. The van der Waals surface area contributed by atoms with E-state index in [4.69, 9.17) is 11.6 Å². The molecule has 0 heterocycles. The monoisotopic (exact) mass is 319 g/mol. The standard InChI is InChI=1S/C14H23ClNO3P/c1-2-3-8-20(18,19)11-14(17)10-16-9-12-4-6-13(15)7-5-12/h4-7,14,16-17H,2-3,8-11H2,1H3,(H,18,19). The molecule has 0 aliphatic heterocycles. The highest BCUT2D eigenvalue weighted by Gasteiger charge is 2.21. The van der Waals surface area contributed by atoms with E-state index >= 15 is 0 Å². The van der Waals surface area contributed by atoms with Crippen LogP contribution in [0.1, 0.15) is 25.3 Å². The van der Waals surface area contributed by atoms with Gasteiger partial charge in [-0.25, -0.2) is 0 Å². The van der Waals surface area contributed by atoms with Crippen molar-refractivity contribution < 1.29 is 14.6 Å². The lowest BCUT2D eigenvalue weighted by Gasteiger charge is -2.16. The molecule has 0 spiro atoms. The summed E-state index contributed by atoms with van der Waals surface area (Å²) in [6.45, 7) is 2.88. The summed E-state index contributed by atoms with van der Waals surface area (Å²) in [4.78, 5) is 9.72. The first-order valence-electron chi connectivity index (χ1n) is 6.87. The Kier molecular flexibility index (Phi) is 7.78. The molecule has 0 aliphatic rings. The van der Waals surface area contributed by atoms with Crippen LogP contribution in [0.3, 0.4) is 0 Å². The molecule has 0 saturated carbocycles. The second-order valence-electron chi connectivity index (χ2n) is 5.02. The summed E-state index contributed by atoms with van der Waals surface area (Å²) in [6, 6.07) is 7.42. The summed E-state index contributed by atoms with van der Waals surface area (Å²) >= 11 is 5.79. The third-order valence-electron chi connectivity index (χ3n) is 2.98. The third kappa shape index (κ3) is 7.41. The van der Waals surface area contributed by atoms with Crippen LogP contribution in [-0.4, -0.2) is 35.0 Å². The lowest BCUT2D eigenvalue weighted by Crippen LogP contribution is -2.29. The van der Waals surface area contributed by atoms with Crippen molar-refractivity contribution in [2.24, 2.45) is 0 Å². The van der Waals surface area contributed by atoms with E-state index in [1.54, 1.807) is 0 Å². The van der Waals surface area contributed by atoms with E-state index in [1.807, 2.05) is 31.2 Å². The van der Waals surface area contributed by atoms with Crippen LogP contribution in [0.15, 0.2) is 24.3 Å². The van der Waals surface area contributed by atoms with E-state index in [9.17, 15) is 14.6 Å². The Hall–Kier alpha value is -0.380. The molecule has 0 aliphatic carbocycles. The average Bonchev–Trinajstić information content (AvgIpc) is 2.38. The maximum absolute atomic E-state index is 11.8. The van der Waals surface area contributed by atoms with E-state index in [0.717, 1.165) is 18.4 Å². The van der Waals surface area contributed by atoms with E-state index in [0.29, 0.717) is 18.1 Å². The number of nitrogens with one attached hydrogen (secondary N) is 1. The Bertz CT molecular complexity index is 439. The summed E-state index contributed by atoms with van der Waals surface area (Å²) in [5.41, 5.74) is 1.06. The van der Waals surface area contributed by atoms with Crippen molar-refractivity contribution in [3.8, 4) is 0 Å². The number of aliphatic hydroxyl groups excluding tert-OH is 1. The van der Waals surface area contributed by atoms with Crippen molar-refractivity contribution in [3.63, 3.8) is 0 Å². The number of halogens is 1. The van der Waals surface area contributed by atoms with Crippen molar-refractivity contribution in [1.82, 2.24) is 5.32 Å². The van der Waals surface area contributed by atoms with Gasteiger partial charge in [0.15, 0.2) is 0 Å². The van der Waals surface area contributed by atoms with Gasteiger partial charge in [-0.1, -0.05) is 37.1 Å². The number of hydrogen-bond acceptors (Lipinski definition) is 3. The van der Waals surface area contributed by atoms with Crippen molar-refractivity contribution in [3.05, 3.63) is 34.9 Å². The number of rotatable bonds is 9. The van der Waals surface area contributed by atoms with Crippen LogP contribution in [0.25, 0.3) is 0 Å². The molecule has 0 radical (unpaired) electrons. The Labute approximate surface area is 125 Å². The van der Waals surface area contributed by atoms with Gasteiger partial charge in [0.1, 0.15) is 0 Å². The van der Waals surface area contributed by atoms with Crippen LogP contribution in [0, 0.1) is 0 Å². The summed E-state index contributed by atoms with van der Waals surface area (Å²) in [5, 5.41) is 13.6. The molecular formula is C14H23ClNO3P. The average molecular weight is 320 g/mol. The highest BCUT2D eigenvalue weighted by Crippen LogP contribution is 2.41. The van der Waals surface area contributed by atoms with Crippen LogP contribution < -0.4 is 5.32 Å². The van der Waals surface area contributed by atoms with E-state index in [-0.39, 0.29) is 12.3 Å². The van der Waals surface area contributed by atoms with Crippen molar-refractivity contribution in [2.75, 3.05) is 18.9 Å². The van der Waals surface area contributed by atoms with Gasteiger partial charge in [0.05, 0.1) is 12.3 Å². The predicted molar refractivity (Wildman–Crippen MR) is 83.6 cm³/mol. The van der Waals surface area contributed by atoms with Crippen LogP contribution >= 0.6 is 19.0 Å². The third-order valence-corrected chi connectivity index (χ3v) is 5.24. The molecule has 0 amide bonds. The lowest BCUT2D eigenvalue weighted by molar-refractivity contribution is 0.190. The van der Waals surface area contributed by atoms with Gasteiger partial charge in [0.2, 0.25) is 7.37 Å². The fraction of sp³-hybridized carbons (Fsp3) is 0.571. The Balaban J connectivity index is 2.27. The Morgan fingerprint density at radius 3 is 2.60 bits per heavy atom. The van der Waals surface area contributed by atoms with Gasteiger partial charge in [-0.05, 0) is 24.1 Å². The molecule has 0 bridgehead atoms. The van der Waals surface area contributed by atoms with Crippen LogP contribution in [-0.2, 0) is 11.1 Å². The van der Waals surface area contributed by atoms with Crippen LogP contribution in [0.2, 0.25) is 5.02 Å². The van der Waals surface area contributed by atoms with E-state index in [2.05, 4.69) is 5.32 Å². The molecule has 0 saturated heterocycles. The molecule has 2 unspecified atom stereocenters. The highest BCUT2D eigenvalue weighted by atomic mass is 35.5. The molecule has 1 aromatic carbocycles. The lowest BCUT2D eigenvalue weighted by atomic mass is 10.2. The SMILES string of the molecule is CCCCP(=O)(O)CC(O)CNCc1ccc(Cl)cc1. The summed E-state index contributed by atoms with van der Waals surface area (Å²) < 4.78 is 11.8. The first kappa shape index (κ1) is 17.7. The molecule has 0 fully saturated rings. The van der Waals surface area contributed by atoms with Crippen LogP contribution in [0.4, 0.5) is 0 Å². The molecule has 4 nitrogen and oxygen atoms in total. The minimum absolute atomic E-state index is 0.0411. The molecule has 1 aromatic rings. The zero-order valence-corrected chi connectivity index (χ0v) is 13.4. The normalized spacial score (nSPS) is 15.8. The van der Waals surface area contributed by atoms with Crippen molar-refractivity contribution >= 4 is 19.0 Å². The minimum atomic E-state index is -3.19. The smallest absolute Gasteiger partial charge is 0.203 e. The van der Waals surface area contributed by atoms with Gasteiger partial charge < -0.3 is 15.3 Å². The van der Waals surface area contributed by atoms with Gasteiger partial charge in [0.25, 0.3) is 0 Å². The van der Waals surface area contributed by atoms with E-state index in [1.165, 1.54) is 0 Å². The number of hydrogen-bond donors (Lipinski definition) is 3. The molecule has 20 heavy (non-hydrogen) atoms. The highest BCUT2D eigenvalue weighted by molar-refractivity contribution is 7.58. The molecule has 0 aromatic heterocycles. The van der Waals surface area contributed by atoms with Crippen molar-refractivity contribution in [2.45, 2.75) is 32.4 Å². The quantitative estimate of drug-likeness (QED) is 0.612. The number of benzene rings is 1. The maximum Gasteiger partial charge on any atom is 0.203 e. The summed E-state index contributed by atoms with van der Waals surface area (Å²) in [7, 11) is -3.19. The van der Waals surface area contributed by atoms with Gasteiger partial charge in [-0.2, -0.15) is 0 Å². The Morgan fingerprint density at radius 1 is 1.35 bits per heavy atom. The fourth-order valence-electron chi connectivity index (χ4n) is 1.88. The van der Waals surface area contributed by atoms with Gasteiger partial charge in [-0.15, -0.1) is 0 Å². The number of unbranched alkanes of at least 4 members (excludes halogenated alkanes) is 1. The second-order valence-corrected chi connectivity index (χ2v) is 7.96. The molecule has 3 N–H and O–H groups in total.